The van der Waals surface area contributed by atoms with Crippen molar-refractivity contribution in [3.63, 3.8) is 0 Å². The first-order valence-corrected chi connectivity index (χ1v) is 9.40. The van der Waals surface area contributed by atoms with E-state index in [9.17, 15) is 9.59 Å². The van der Waals surface area contributed by atoms with Crippen LogP contribution in [0.3, 0.4) is 0 Å². The van der Waals surface area contributed by atoms with Gasteiger partial charge in [0.25, 0.3) is 5.91 Å². The van der Waals surface area contributed by atoms with E-state index in [1.807, 2.05) is 37.4 Å². The highest BCUT2D eigenvalue weighted by Gasteiger charge is 2.29. The molecule has 1 atom stereocenters. The molecule has 1 aliphatic rings. The van der Waals surface area contributed by atoms with Gasteiger partial charge in [-0.25, -0.2) is 4.98 Å². The molecular weight excluding hydrogens is 356 g/mol. The van der Waals surface area contributed by atoms with E-state index in [4.69, 9.17) is 4.74 Å². The molecule has 0 unspecified atom stereocenters. The number of carbonyl (C=O) groups is 2. The van der Waals surface area contributed by atoms with Gasteiger partial charge in [0.05, 0.1) is 6.61 Å². The summed E-state index contributed by atoms with van der Waals surface area (Å²) in [6.07, 6.45) is 2.25. The van der Waals surface area contributed by atoms with E-state index < -0.39 is 0 Å². The molecule has 3 rings (SSSR count). The Labute approximate surface area is 165 Å². The van der Waals surface area contributed by atoms with Crippen molar-refractivity contribution in [3.8, 4) is 11.1 Å². The predicted molar refractivity (Wildman–Crippen MR) is 108 cm³/mol. The number of amides is 2. The van der Waals surface area contributed by atoms with Gasteiger partial charge in [-0.05, 0) is 29.8 Å². The van der Waals surface area contributed by atoms with E-state index in [0.29, 0.717) is 38.2 Å². The molecule has 1 aromatic heterocycles. The second-order valence-corrected chi connectivity index (χ2v) is 6.88. The Morgan fingerprint density at radius 2 is 2.14 bits per heavy atom. The number of rotatable bonds is 8. The number of ether oxygens (including phenoxy) is 1. The zero-order valence-corrected chi connectivity index (χ0v) is 16.3. The van der Waals surface area contributed by atoms with Crippen LogP contribution in [0.4, 0.5) is 5.82 Å². The first kappa shape index (κ1) is 19.8. The van der Waals surface area contributed by atoms with Crippen molar-refractivity contribution < 1.29 is 14.3 Å². The highest BCUT2D eigenvalue weighted by atomic mass is 16.5. The van der Waals surface area contributed by atoms with Crippen molar-refractivity contribution in [2.24, 2.45) is 5.92 Å². The van der Waals surface area contributed by atoms with Crippen molar-refractivity contribution in [2.75, 3.05) is 45.7 Å². The highest BCUT2D eigenvalue weighted by Crippen LogP contribution is 2.21. The molecule has 2 heterocycles. The van der Waals surface area contributed by atoms with Crippen LogP contribution in [0.1, 0.15) is 16.8 Å². The smallest absolute Gasteiger partial charge is 0.251 e. The van der Waals surface area contributed by atoms with Gasteiger partial charge in [0, 0.05) is 63.5 Å². The van der Waals surface area contributed by atoms with Gasteiger partial charge in [-0.15, -0.1) is 0 Å². The second-order valence-electron chi connectivity index (χ2n) is 6.88. The van der Waals surface area contributed by atoms with Gasteiger partial charge < -0.3 is 20.3 Å². The predicted octanol–water partition coefficient (Wildman–Crippen LogP) is 2.01. The third-order valence-electron chi connectivity index (χ3n) is 4.89. The fourth-order valence-electron chi connectivity index (χ4n) is 3.30. The largest absolute Gasteiger partial charge is 0.383 e. The molecule has 148 valence electrons. The highest BCUT2D eigenvalue weighted by molar-refractivity contribution is 5.95. The molecule has 0 radical (unpaired) electrons. The Balaban J connectivity index is 1.58. The van der Waals surface area contributed by atoms with Crippen molar-refractivity contribution in [1.82, 2.24) is 15.2 Å². The van der Waals surface area contributed by atoms with Crippen LogP contribution in [0, 0.1) is 5.92 Å². The van der Waals surface area contributed by atoms with E-state index in [2.05, 4.69) is 15.6 Å². The van der Waals surface area contributed by atoms with Gasteiger partial charge in [0.2, 0.25) is 5.91 Å². The van der Waals surface area contributed by atoms with Gasteiger partial charge in [-0.2, -0.15) is 0 Å². The van der Waals surface area contributed by atoms with E-state index in [1.54, 1.807) is 24.3 Å². The Kier molecular flexibility index (Phi) is 6.60. The summed E-state index contributed by atoms with van der Waals surface area (Å²) in [5, 5.41) is 5.95. The van der Waals surface area contributed by atoms with Crippen molar-refractivity contribution in [1.29, 1.82) is 0 Å². The van der Waals surface area contributed by atoms with Crippen LogP contribution < -0.4 is 10.6 Å². The van der Waals surface area contributed by atoms with Gasteiger partial charge in [-0.1, -0.05) is 12.1 Å². The number of aromatic nitrogens is 1. The molecule has 0 saturated carbocycles. The van der Waals surface area contributed by atoms with Gasteiger partial charge in [-0.3, -0.25) is 9.59 Å². The Bertz CT molecular complexity index is 823. The number of nitrogens with zero attached hydrogens (tertiary/aromatic N) is 2. The zero-order valence-electron chi connectivity index (χ0n) is 16.3. The standard InChI is InChI=1S/C21H26N4O3/c1-22-19-7-6-18(13-23-19)16-4-3-5-17(11-16)21(27)24-12-15-10-20(26)25(14-15)8-9-28-2/h3-7,11,13,15H,8-10,12,14H2,1-2H3,(H,22,23)(H,24,27)/t15-/m1/s1. The van der Waals surface area contributed by atoms with E-state index >= 15 is 0 Å². The van der Waals surface area contributed by atoms with E-state index in [-0.39, 0.29) is 17.7 Å². The molecule has 0 bridgehead atoms. The molecule has 7 nitrogen and oxygen atoms in total. The summed E-state index contributed by atoms with van der Waals surface area (Å²) in [6.45, 7) is 2.27. The maximum absolute atomic E-state index is 12.6. The summed E-state index contributed by atoms with van der Waals surface area (Å²) in [4.78, 5) is 30.7. The van der Waals surface area contributed by atoms with Crippen molar-refractivity contribution >= 4 is 17.6 Å². The van der Waals surface area contributed by atoms with E-state index in [0.717, 1.165) is 16.9 Å². The van der Waals surface area contributed by atoms with Crippen LogP contribution >= 0.6 is 0 Å². The summed E-state index contributed by atoms with van der Waals surface area (Å²) in [5.74, 6) is 0.915. The molecular formula is C21H26N4O3. The number of methoxy groups -OCH3 is 1. The maximum atomic E-state index is 12.6. The van der Waals surface area contributed by atoms with E-state index in [1.165, 1.54) is 0 Å². The summed E-state index contributed by atoms with van der Waals surface area (Å²) >= 11 is 0. The Morgan fingerprint density at radius 3 is 2.86 bits per heavy atom. The number of likely N-dealkylation sites (tertiary alicyclic amines) is 1. The zero-order chi connectivity index (χ0) is 19.9. The molecule has 2 amide bonds. The maximum Gasteiger partial charge on any atom is 0.251 e. The van der Waals surface area contributed by atoms with Crippen molar-refractivity contribution in [2.45, 2.75) is 6.42 Å². The number of benzene rings is 1. The number of anilines is 1. The molecule has 1 fully saturated rings. The third kappa shape index (κ3) is 4.86. The lowest BCUT2D eigenvalue weighted by Gasteiger charge is -2.16. The number of carbonyl (C=O) groups excluding carboxylic acids is 2. The molecule has 0 aliphatic carbocycles. The normalized spacial score (nSPS) is 16.3. The molecule has 2 aromatic rings. The molecule has 0 spiro atoms. The van der Waals surface area contributed by atoms with Gasteiger partial charge in [0.15, 0.2) is 0 Å². The average molecular weight is 382 g/mol. The average Bonchev–Trinajstić information content (AvgIpc) is 3.10. The molecule has 2 N–H and O–H groups in total. The van der Waals surface area contributed by atoms with Crippen LogP contribution in [0.25, 0.3) is 11.1 Å². The van der Waals surface area contributed by atoms with Crippen LogP contribution in [0.2, 0.25) is 0 Å². The summed E-state index contributed by atoms with van der Waals surface area (Å²) in [7, 11) is 3.44. The van der Waals surface area contributed by atoms with Crippen LogP contribution in [-0.2, 0) is 9.53 Å². The second kappa shape index (κ2) is 9.32. The monoisotopic (exact) mass is 382 g/mol. The van der Waals surface area contributed by atoms with Gasteiger partial charge >= 0.3 is 0 Å². The lowest BCUT2D eigenvalue weighted by molar-refractivity contribution is -0.128. The fourth-order valence-corrected chi connectivity index (χ4v) is 3.30. The SMILES string of the molecule is CNc1ccc(-c2cccc(C(=O)NC[C@H]3CC(=O)N(CCOC)C3)c2)cn1. The third-order valence-corrected chi connectivity index (χ3v) is 4.89. The molecule has 1 aliphatic heterocycles. The lowest BCUT2D eigenvalue weighted by Crippen LogP contribution is -2.32. The first-order valence-electron chi connectivity index (χ1n) is 9.40. The first-order chi connectivity index (χ1) is 13.6. The molecule has 1 saturated heterocycles. The number of hydrogen-bond acceptors (Lipinski definition) is 5. The van der Waals surface area contributed by atoms with Gasteiger partial charge in [0.1, 0.15) is 5.82 Å². The van der Waals surface area contributed by atoms with Crippen molar-refractivity contribution in [3.05, 3.63) is 48.2 Å². The number of nitrogens with one attached hydrogen (secondary N) is 2. The molecule has 7 heteroatoms. The minimum Gasteiger partial charge on any atom is -0.383 e. The van der Waals surface area contributed by atoms with Crippen LogP contribution in [-0.4, -0.2) is 62.1 Å². The Morgan fingerprint density at radius 1 is 1.29 bits per heavy atom. The fraction of sp³-hybridized carbons (Fsp3) is 0.381. The lowest BCUT2D eigenvalue weighted by atomic mass is 10.0. The van der Waals surface area contributed by atoms with Crippen LogP contribution in [0.15, 0.2) is 42.6 Å². The van der Waals surface area contributed by atoms with Crippen LogP contribution in [0.5, 0.6) is 0 Å². The number of hydrogen-bond donors (Lipinski definition) is 2. The summed E-state index contributed by atoms with van der Waals surface area (Å²) in [5.41, 5.74) is 2.48. The minimum absolute atomic E-state index is 0.121. The summed E-state index contributed by atoms with van der Waals surface area (Å²) < 4.78 is 5.03. The quantitative estimate of drug-likeness (QED) is 0.730. The molecule has 1 aromatic carbocycles. The number of pyridine rings is 1. The topological polar surface area (TPSA) is 83.6 Å². The minimum atomic E-state index is -0.135. The summed E-state index contributed by atoms with van der Waals surface area (Å²) in [6, 6.07) is 11.3. The molecule has 28 heavy (non-hydrogen) atoms. The Hall–Kier alpha value is -2.93.